The van der Waals surface area contributed by atoms with Gasteiger partial charge >= 0.3 is 5.97 Å². The molecule has 0 amide bonds. The molecule has 0 saturated carbocycles. The Morgan fingerprint density at radius 1 is 1.71 bits per heavy atom. The summed E-state index contributed by atoms with van der Waals surface area (Å²) in [5.41, 5.74) is 0. The standard InChI is InChI=1S/C9H17INO3/c1-4-14-8(13)9(10)5-7(12)6-11(9,2)3/h7,12H,4-6H2,1-3H3/q+1/t7?,9-/m0/s1. The number of halogens is 1. The van der Waals surface area contributed by atoms with Gasteiger partial charge in [-0.2, -0.15) is 0 Å². The second-order valence-corrected chi connectivity index (χ2v) is 5.99. The van der Waals surface area contributed by atoms with E-state index in [4.69, 9.17) is 4.74 Å². The predicted octanol–water partition coefficient (Wildman–Crippen LogP) is 0.522. The molecule has 0 radical (unpaired) electrons. The van der Waals surface area contributed by atoms with E-state index in [0.29, 0.717) is 24.1 Å². The number of carbonyl (C=O) groups is 1. The first kappa shape index (κ1) is 12.2. The van der Waals surface area contributed by atoms with Crippen LogP contribution in [-0.4, -0.2) is 52.5 Å². The summed E-state index contributed by atoms with van der Waals surface area (Å²) in [5.74, 6) is -0.220. The number of aliphatic hydroxyl groups excluding tert-OH is 1. The van der Waals surface area contributed by atoms with Gasteiger partial charge < -0.3 is 14.3 Å². The summed E-state index contributed by atoms with van der Waals surface area (Å²) in [6.45, 7) is 2.78. The maximum atomic E-state index is 11.8. The molecule has 0 aromatic carbocycles. The average Bonchev–Trinajstić information content (AvgIpc) is 2.22. The molecule has 2 atom stereocenters. The Morgan fingerprint density at radius 2 is 2.29 bits per heavy atom. The van der Waals surface area contributed by atoms with E-state index in [-0.39, 0.29) is 5.97 Å². The summed E-state index contributed by atoms with van der Waals surface area (Å²) in [6.07, 6.45) is 0.0608. The van der Waals surface area contributed by atoms with Gasteiger partial charge in [0.1, 0.15) is 12.6 Å². The Hall–Kier alpha value is 0.120. The number of rotatable bonds is 2. The van der Waals surface area contributed by atoms with Gasteiger partial charge in [-0.05, 0) is 6.92 Å². The molecule has 1 heterocycles. The Labute approximate surface area is 98.0 Å². The van der Waals surface area contributed by atoms with E-state index in [1.165, 1.54) is 0 Å². The van der Waals surface area contributed by atoms with Gasteiger partial charge in [0.05, 0.1) is 27.1 Å². The third kappa shape index (κ3) is 1.90. The average molecular weight is 314 g/mol. The molecular weight excluding hydrogens is 297 g/mol. The number of ether oxygens (including phenoxy) is 1. The highest BCUT2D eigenvalue weighted by atomic mass is 127. The molecule has 0 bridgehead atoms. The fourth-order valence-electron chi connectivity index (χ4n) is 1.87. The van der Waals surface area contributed by atoms with Crippen molar-refractivity contribution in [3.8, 4) is 0 Å². The number of aliphatic hydroxyl groups is 1. The number of nitrogens with zero attached hydrogens (tertiary/aromatic N) is 1. The molecule has 0 spiro atoms. The van der Waals surface area contributed by atoms with Crippen molar-refractivity contribution in [3.05, 3.63) is 0 Å². The van der Waals surface area contributed by atoms with Crippen LogP contribution in [0.4, 0.5) is 0 Å². The molecule has 1 aliphatic heterocycles. The normalized spacial score (nSPS) is 35.6. The monoisotopic (exact) mass is 314 g/mol. The maximum absolute atomic E-state index is 11.8. The van der Waals surface area contributed by atoms with E-state index in [1.807, 2.05) is 14.1 Å². The van der Waals surface area contributed by atoms with Crippen molar-refractivity contribution in [2.75, 3.05) is 27.2 Å². The molecule has 0 aliphatic carbocycles. The van der Waals surface area contributed by atoms with E-state index >= 15 is 0 Å². The molecule has 1 unspecified atom stereocenters. The fraction of sp³-hybridized carbons (Fsp3) is 0.889. The molecule has 1 saturated heterocycles. The molecule has 82 valence electrons. The van der Waals surface area contributed by atoms with Crippen molar-refractivity contribution >= 4 is 28.6 Å². The minimum Gasteiger partial charge on any atom is -0.461 e. The first-order valence-electron chi connectivity index (χ1n) is 4.71. The maximum Gasteiger partial charge on any atom is 0.378 e. The lowest BCUT2D eigenvalue weighted by Gasteiger charge is -2.36. The van der Waals surface area contributed by atoms with Gasteiger partial charge in [0, 0.05) is 22.6 Å². The van der Waals surface area contributed by atoms with Crippen LogP contribution in [0.3, 0.4) is 0 Å². The van der Waals surface area contributed by atoms with Crippen LogP contribution in [-0.2, 0) is 9.53 Å². The second-order valence-electron chi connectivity index (χ2n) is 4.21. The third-order valence-electron chi connectivity index (χ3n) is 2.72. The number of likely N-dealkylation sites (tertiary alicyclic amines) is 1. The lowest BCUT2D eigenvalue weighted by atomic mass is 10.2. The third-order valence-corrected chi connectivity index (χ3v) is 4.91. The van der Waals surface area contributed by atoms with E-state index in [0.717, 1.165) is 0 Å². The molecule has 1 N–H and O–H groups in total. The molecular formula is C9H17INO3+. The zero-order valence-corrected chi connectivity index (χ0v) is 10.9. The number of quaternary nitrogens is 1. The highest BCUT2D eigenvalue weighted by Gasteiger charge is 2.58. The minimum absolute atomic E-state index is 0.220. The van der Waals surface area contributed by atoms with E-state index in [2.05, 4.69) is 22.6 Å². The largest absolute Gasteiger partial charge is 0.461 e. The molecule has 1 rings (SSSR count). The van der Waals surface area contributed by atoms with Crippen LogP contribution >= 0.6 is 22.6 Å². The topological polar surface area (TPSA) is 46.5 Å². The molecule has 4 nitrogen and oxygen atoms in total. The van der Waals surface area contributed by atoms with Gasteiger partial charge in [-0.3, -0.25) is 0 Å². The van der Waals surface area contributed by atoms with Gasteiger partial charge in [-0.25, -0.2) is 4.79 Å². The van der Waals surface area contributed by atoms with Gasteiger partial charge in [0.25, 0.3) is 0 Å². The number of likely N-dealkylation sites (N-methyl/N-ethyl adjacent to an activating group) is 1. The number of hydrogen-bond donors (Lipinski definition) is 1. The van der Waals surface area contributed by atoms with Crippen LogP contribution < -0.4 is 0 Å². The van der Waals surface area contributed by atoms with Crippen LogP contribution in [0.2, 0.25) is 0 Å². The number of hydrogen-bond acceptors (Lipinski definition) is 3. The van der Waals surface area contributed by atoms with E-state index < -0.39 is 9.65 Å². The summed E-state index contributed by atoms with van der Waals surface area (Å²) < 4.78 is 4.89. The van der Waals surface area contributed by atoms with Crippen molar-refractivity contribution in [1.82, 2.24) is 0 Å². The van der Waals surface area contributed by atoms with Gasteiger partial charge in [-0.1, -0.05) is 0 Å². The van der Waals surface area contributed by atoms with E-state index in [9.17, 15) is 9.90 Å². The lowest BCUT2D eigenvalue weighted by Crippen LogP contribution is -2.56. The van der Waals surface area contributed by atoms with E-state index in [1.54, 1.807) is 6.92 Å². The summed E-state index contributed by atoms with van der Waals surface area (Å²) in [5, 5.41) is 9.59. The molecule has 1 aliphatic rings. The first-order valence-corrected chi connectivity index (χ1v) is 5.78. The van der Waals surface area contributed by atoms with Crippen molar-refractivity contribution in [2.24, 2.45) is 0 Å². The second kappa shape index (κ2) is 3.94. The SMILES string of the molecule is CCOC(=O)[C@]1(I)CC(O)C[N+]1(C)C. The fourth-order valence-corrected chi connectivity index (χ4v) is 2.73. The van der Waals surface area contributed by atoms with Crippen molar-refractivity contribution in [2.45, 2.75) is 23.0 Å². The Balaban J connectivity index is 2.87. The summed E-state index contributed by atoms with van der Waals surface area (Å²) in [7, 11) is 3.89. The van der Waals surface area contributed by atoms with Crippen molar-refractivity contribution < 1.29 is 19.1 Å². The highest BCUT2D eigenvalue weighted by Crippen LogP contribution is 2.40. The predicted molar refractivity (Wildman–Crippen MR) is 61.0 cm³/mol. The highest BCUT2D eigenvalue weighted by molar-refractivity contribution is 14.1. The summed E-state index contributed by atoms with van der Waals surface area (Å²) in [4.78, 5) is 11.8. The van der Waals surface area contributed by atoms with Gasteiger partial charge in [-0.15, -0.1) is 0 Å². The smallest absolute Gasteiger partial charge is 0.378 e. The Morgan fingerprint density at radius 3 is 2.64 bits per heavy atom. The van der Waals surface area contributed by atoms with Crippen molar-refractivity contribution in [1.29, 1.82) is 0 Å². The number of esters is 1. The van der Waals surface area contributed by atoms with Crippen LogP contribution in [0.25, 0.3) is 0 Å². The summed E-state index contributed by atoms with van der Waals surface area (Å²) in [6, 6.07) is 0. The quantitative estimate of drug-likeness (QED) is 0.266. The Bertz CT molecular complexity index is 244. The van der Waals surface area contributed by atoms with Gasteiger partial charge in [0.15, 0.2) is 0 Å². The first-order chi connectivity index (χ1) is 6.33. The molecule has 5 heteroatoms. The van der Waals surface area contributed by atoms with Crippen LogP contribution in [0.5, 0.6) is 0 Å². The molecule has 1 fully saturated rings. The number of alkyl halides is 1. The Kier molecular flexibility index (Phi) is 3.43. The van der Waals surface area contributed by atoms with Crippen LogP contribution in [0.1, 0.15) is 13.3 Å². The van der Waals surface area contributed by atoms with Crippen molar-refractivity contribution in [3.63, 3.8) is 0 Å². The van der Waals surface area contributed by atoms with Crippen LogP contribution in [0.15, 0.2) is 0 Å². The summed E-state index contributed by atoms with van der Waals surface area (Å²) >= 11 is 2.11. The molecule has 0 aromatic heterocycles. The minimum atomic E-state index is -0.632. The van der Waals surface area contributed by atoms with Crippen LogP contribution in [0, 0.1) is 0 Å². The number of carbonyl (C=O) groups excluding carboxylic acids is 1. The zero-order chi connectivity index (χ0) is 11.0. The molecule has 0 aromatic rings. The molecule has 14 heavy (non-hydrogen) atoms. The zero-order valence-electron chi connectivity index (χ0n) is 8.79. The lowest BCUT2D eigenvalue weighted by molar-refractivity contribution is -0.900. The van der Waals surface area contributed by atoms with Gasteiger partial charge in [0.2, 0.25) is 3.55 Å².